The van der Waals surface area contributed by atoms with Crippen LogP contribution in [0.4, 0.5) is 4.39 Å². The van der Waals surface area contributed by atoms with Crippen LogP contribution in [0.5, 0.6) is 0 Å². The molecular weight excluding hydrogens is 373 g/mol. The minimum Gasteiger partial charge on any atom is -0.461 e. The highest BCUT2D eigenvalue weighted by molar-refractivity contribution is 5.80. The predicted molar refractivity (Wildman–Crippen MR) is 106 cm³/mol. The van der Waals surface area contributed by atoms with E-state index in [1.54, 1.807) is 19.1 Å². The molecule has 3 aromatic rings. The van der Waals surface area contributed by atoms with Crippen LogP contribution in [-0.4, -0.2) is 18.5 Å². The Morgan fingerprint density at radius 3 is 2.48 bits per heavy atom. The van der Waals surface area contributed by atoms with Crippen molar-refractivity contribution in [2.75, 3.05) is 6.61 Å². The van der Waals surface area contributed by atoms with Crippen molar-refractivity contribution >= 4 is 11.9 Å². The molecule has 0 saturated carbocycles. The lowest BCUT2D eigenvalue weighted by Gasteiger charge is -2.14. The molecule has 1 heterocycles. The Balaban J connectivity index is 1.40. The van der Waals surface area contributed by atoms with E-state index >= 15 is 0 Å². The van der Waals surface area contributed by atoms with E-state index in [9.17, 15) is 14.0 Å². The van der Waals surface area contributed by atoms with E-state index in [2.05, 4.69) is 5.32 Å². The maximum absolute atomic E-state index is 13.0. The molecule has 1 unspecified atom stereocenters. The maximum atomic E-state index is 13.0. The highest BCUT2D eigenvalue weighted by Crippen LogP contribution is 2.22. The van der Waals surface area contributed by atoms with E-state index in [1.807, 2.05) is 42.5 Å². The van der Waals surface area contributed by atoms with Gasteiger partial charge in [0.2, 0.25) is 0 Å². The van der Waals surface area contributed by atoms with Crippen molar-refractivity contribution in [2.45, 2.75) is 25.8 Å². The second-order valence-corrected chi connectivity index (χ2v) is 6.63. The van der Waals surface area contributed by atoms with E-state index in [1.165, 1.54) is 12.1 Å². The molecule has 0 aliphatic carbocycles. The third-order valence-electron chi connectivity index (χ3n) is 4.41. The fourth-order valence-corrected chi connectivity index (χ4v) is 2.83. The van der Waals surface area contributed by atoms with Crippen LogP contribution >= 0.6 is 0 Å². The summed E-state index contributed by atoms with van der Waals surface area (Å²) in [5.41, 5.74) is 1.73. The van der Waals surface area contributed by atoms with Gasteiger partial charge in [0.25, 0.3) is 5.91 Å². The van der Waals surface area contributed by atoms with Crippen LogP contribution in [-0.2, 0) is 20.7 Å². The van der Waals surface area contributed by atoms with Crippen molar-refractivity contribution in [2.24, 2.45) is 0 Å². The van der Waals surface area contributed by atoms with Gasteiger partial charge in [-0.1, -0.05) is 42.5 Å². The Hall–Kier alpha value is -3.41. The van der Waals surface area contributed by atoms with Crippen LogP contribution in [0.3, 0.4) is 0 Å². The van der Waals surface area contributed by atoms with Gasteiger partial charge in [0.1, 0.15) is 17.3 Å². The average Bonchev–Trinajstić information content (AvgIpc) is 3.21. The summed E-state index contributed by atoms with van der Waals surface area (Å²) in [6, 6.07) is 18.9. The van der Waals surface area contributed by atoms with Gasteiger partial charge in [-0.2, -0.15) is 0 Å². The minimum absolute atomic E-state index is 0.114. The summed E-state index contributed by atoms with van der Waals surface area (Å²) in [7, 11) is 0. The molecule has 0 spiro atoms. The smallest absolute Gasteiger partial charge is 0.306 e. The van der Waals surface area contributed by atoms with Gasteiger partial charge in [-0.15, -0.1) is 0 Å². The molecule has 1 aromatic heterocycles. The minimum atomic E-state index is -0.479. The predicted octanol–water partition coefficient (Wildman–Crippen LogP) is 4.44. The molecule has 0 bridgehead atoms. The molecule has 2 aromatic carbocycles. The van der Waals surface area contributed by atoms with Crippen molar-refractivity contribution in [1.29, 1.82) is 0 Å². The van der Waals surface area contributed by atoms with Crippen LogP contribution in [0.2, 0.25) is 0 Å². The lowest BCUT2D eigenvalue weighted by Crippen LogP contribution is -2.31. The van der Waals surface area contributed by atoms with Crippen molar-refractivity contribution in [3.63, 3.8) is 0 Å². The quantitative estimate of drug-likeness (QED) is 0.573. The monoisotopic (exact) mass is 395 g/mol. The number of halogens is 1. The number of carbonyl (C=O) groups is 2. The number of aryl methyl sites for hydroxylation is 1. The van der Waals surface area contributed by atoms with E-state index < -0.39 is 11.9 Å². The number of rotatable bonds is 8. The van der Waals surface area contributed by atoms with Crippen LogP contribution in [0.1, 0.15) is 30.7 Å². The fourth-order valence-electron chi connectivity index (χ4n) is 2.83. The largest absolute Gasteiger partial charge is 0.461 e. The highest BCUT2D eigenvalue weighted by Gasteiger charge is 2.13. The summed E-state index contributed by atoms with van der Waals surface area (Å²) in [6.45, 7) is 1.41. The van der Waals surface area contributed by atoms with Crippen LogP contribution in [0, 0.1) is 5.82 Å². The Labute approximate surface area is 168 Å². The summed E-state index contributed by atoms with van der Waals surface area (Å²) < 4.78 is 23.7. The molecule has 29 heavy (non-hydrogen) atoms. The lowest BCUT2D eigenvalue weighted by atomic mass is 10.1. The van der Waals surface area contributed by atoms with E-state index in [-0.39, 0.29) is 24.9 Å². The highest BCUT2D eigenvalue weighted by atomic mass is 19.1. The first-order chi connectivity index (χ1) is 14.0. The van der Waals surface area contributed by atoms with Gasteiger partial charge in [0.05, 0.1) is 12.5 Å². The standard InChI is InChI=1S/C23H22FNO4/c1-16(17-7-9-19(24)10-8-17)25-22(26)15-28-23(27)14-12-20-11-13-21(29-20)18-5-3-2-4-6-18/h2-11,13,16H,12,14-15H2,1H3,(H,25,26). The molecule has 0 aliphatic heterocycles. The van der Waals surface area contributed by atoms with Gasteiger partial charge in [-0.3, -0.25) is 9.59 Å². The SMILES string of the molecule is CC(NC(=O)COC(=O)CCc1ccc(-c2ccccc2)o1)c1ccc(F)cc1. The zero-order chi connectivity index (χ0) is 20.6. The Bertz CT molecular complexity index is 951. The summed E-state index contributed by atoms with van der Waals surface area (Å²) in [5.74, 6) is 0.179. The van der Waals surface area contributed by atoms with Crippen molar-refractivity contribution in [1.82, 2.24) is 5.32 Å². The van der Waals surface area contributed by atoms with Crippen molar-refractivity contribution in [3.8, 4) is 11.3 Å². The third kappa shape index (κ3) is 6.04. The first-order valence-corrected chi connectivity index (χ1v) is 9.36. The molecule has 5 nitrogen and oxygen atoms in total. The molecule has 0 aliphatic rings. The zero-order valence-electron chi connectivity index (χ0n) is 16.1. The number of furan rings is 1. The molecule has 150 valence electrons. The summed E-state index contributed by atoms with van der Waals surface area (Å²) in [6.07, 6.45) is 0.502. The number of carbonyl (C=O) groups excluding carboxylic acids is 2. The van der Waals surface area contributed by atoms with Gasteiger partial charge < -0.3 is 14.5 Å². The first-order valence-electron chi connectivity index (χ1n) is 9.36. The van der Waals surface area contributed by atoms with Gasteiger partial charge in [-0.05, 0) is 36.8 Å². The summed E-state index contributed by atoms with van der Waals surface area (Å²) in [4.78, 5) is 23.9. The Morgan fingerprint density at radius 2 is 1.76 bits per heavy atom. The number of nitrogens with one attached hydrogen (secondary N) is 1. The molecule has 1 atom stereocenters. The van der Waals surface area contributed by atoms with E-state index in [4.69, 9.17) is 9.15 Å². The summed E-state index contributed by atoms with van der Waals surface area (Å²) >= 11 is 0. The van der Waals surface area contributed by atoms with Gasteiger partial charge in [0, 0.05) is 12.0 Å². The van der Waals surface area contributed by atoms with Crippen molar-refractivity contribution < 1.29 is 23.1 Å². The van der Waals surface area contributed by atoms with E-state index in [0.717, 1.165) is 16.9 Å². The topological polar surface area (TPSA) is 68.5 Å². The second kappa shape index (κ2) is 9.68. The van der Waals surface area contributed by atoms with Crippen LogP contribution < -0.4 is 5.32 Å². The molecule has 0 radical (unpaired) electrons. The molecule has 0 fully saturated rings. The first kappa shape index (κ1) is 20.3. The van der Waals surface area contributed by atoms with E-state index in [0.29, 0.717) is 12.2 Å². The molecule has 3 rings (SSSR count). The molecule has 6 heteroatoms. The fraction of sp³-hybridized carbons (Fsp3) is 0.217. The number of esters is 1. The Kier molecular flexibility index (Phi) is 6.79. The van der Waals surface area contributed by atoms with Gasteiger partial charge in [-0.25, -0.2) is 4.39 Å². The molecule has 1 amide bonds. The average molecular weight is 395 g/mol. The lowest BCUT2D eigenvalue weighted by molar-refractivity contribution is -0.148. The number of ether oxygens (including phenoxy) is 1. The van der Waals surface area contributed by atoms with Crippen LogP contribution in [0.15, 0.2) is 71.1 Å². The molecule has 0 saturated heterocycles. The van der Waals surface area contributed by atoms with Gasteiger partial charge in [0.15, 0.2) is 6.61 Å². The normalized spacial score (nSPS) is 11.7. The maximum Gasteiger partial charge on any atom is 0.306 e. The van der Waals surface area contributed by atoms with Crippen molar-refractivity contribution in [3.05, 3.63) is 83.9 Å². The molecular formula is C23H22FNO4. The van der Waals surface area contributed by atoms with Crippen LogP contribution in [0.25, 0.3) is 11.3 Å². The third-order valence-corrected chi connectivity index (χ3v) is 4.41. The van der Waals surface area contributed by atoms with Gasteiger partial charge >= 0.3 is 5.97 Å². The molecule has 1 N–H and O–H groups in total. The number of amides is 1. The zero-order valence-corrected chi connectivity index (χ0v) is 16.1. The second-order valence-electron chi connectivity index (χ2n) is 6.63. The number of hydrogen-bond acceptors (Lipinski definition) is 4. The number of benzene rings is 2. The number of hydrogen-bond donors (Lipinski definition) is 1. The summed E-state index contributed by atoms with van der Waals surface area (Å²) in [5, 5.41) is 2.71. The Morgan fingerprint density at radius 1 is 1.03 bits per heavy atom.